The van der Waals surface area contributed by atoms with Crippen LogP contribution in [0.4, 0.5) is 0 Å². The van der Waals surface area contributed by atoms with Gasteiger partial charge in [-0.25, -0.2) is 0 Å². The van der Waals surface area contributed by atoms with Crippen LogP contribution in [0.2, 0.25) is 0 Å². The minimum absolute atomic E-state index is 0.648. The van der Waals surface area contributed by atoms with E-state index in [1.165, 1.54) is 57.3 Å². The maximum Gasteiger partial charge on any atom is 0.0963 e. The Balaban J connectivity index is 1.76. The molecule has 0 saturated heterocycles. The van der Waals surface area contributed by atoms with Gasteiger partial charge in [0.25, 0.3) is 0 Å². The zero-order chi connectivity index (χ0) is 9.86. The molecule has 0 aromatic carbocycles. The summed E-state index contributed by atoms with van der Waals surface area (Å²) in [4.78, 5) is 4.59. The topological polar surface area (TPSA) is 24.4 Å². The molecular formula is C12H22N2. The van der Waals surface area contributed by atoms with Crippen LogP contribution in [0.5, 0.6) is 0 Å². The number of hydrogen-bond acceptors (Lipinski definition) is 2. The van der Waals surface area contributed by atoms with Crippen LogP contribution in [0.15, 0.2) is 4.99 Å². The number of amidine groups is 1. The Bertz CT molecular complexity index is 216. The number of nitrogens with one attached hydrogen (secondary N) is 1. The van der Waals surface area contributed by atoms with Gasteiger partial charge in [0.15, 0.2) is 0 Å². The van der Waals surface area contributed by atoms with Crippen LogP contribution in [0.1, 0.15) is 51.9 Å². The third kappa shape index (κ3) is 2.49. The quantitative estimate of drug-likeness (QED) is 0.734. The molecule has 0 bridgehead atoms. The van der Waals surface area contributed by atoms with Gasteiger partial charge in [-0.05, 0) is 37.5 Å². The van der Waals surface area contributed by atoms with E-state index in [0.29, 0.717) is 5.41 Å². The van der Waals surface area contributed by atoms with E-state index in [1.807, 2.05) is 0 Å². The van der Waals surface area contributed by atoms with E-state index in [-0.39, 0.29) is 0 Å². The number of aliphatic imine (C=N–C) groups is 1. The molecule has 0 aromatic heterocycles. The average molecular weight is 194 g/mol. The standard InChI is InChI=1S/C12H22N2/c1-2-12(7-8-12)10-14-11-6-4-3-5-9-13-11/h2-10H2,1H3,(H,13,14). The highest BCUT2D eigenvalue weighted by atomic mass is 15.0. The van der Waals surface area contributed by atoms with Crippen LogP contribution in [-0.2, 0) is 0 Å². The van der Waals surface area contributed by atoms with Gasteiger partial charge in [-0.2, -0.15) is 0 Å². The molecule has 1 fully saturated rings. The van der Waals surface area contributed by atoms with Crippen LogP contribution < -0.4 is 5.32 Å². The molecule has 0 amide bonds. The molecule has 2 aliphatic rings. The lowest BCUT2D eigenvalue weighted by Gasteiger charge is -2.15. The molecule has 0 unspecified atom stereocenters. The summed E-state index contributed by atoms with van der Waals surface area (Å²) in [6, 6.07) is 0. The molecule has 1 aliphatic carbocycles. The molecule has 2 nitrogen and oxygen atoms in total. The fourth-order valence-corrected chi connectivity index (χ4v) is 2.14. The van der Waals surface area contributed by atoms with E-state index in [0.717, 1.165) is 6.54 Å². The van der Waals surface area contributed by atoms with Crippen molar-refractivity contribution in [2.75, 3.05) is 13.1 Å². The van der Waals surface area contributed by atoms with E-state index < -0.39 is 0 Å². The van der Waals surface area contributed by atoms with Crippen molar-refractivity contribution in [1.29, 1.82) is 0 Å². The van der Waals surface area contributed by atoms with Crippen molar-refractivity contribution in [2.24, 2.45) is 10.4 Å². The highest BCUT2D eigenvalue weighted by molar-refractivity contribution is 5.82. The lowest BCUT2D eigenvalue weighted by molar-refractivity contribution is 0.480. The molecule has 0 radical (unpaired) electrons. The molecule has 0 spiro atoms. The van der Waals surface area contributed by atoms with Gasteiger partial charge in [0.05, 0.1) is 5.84 Å². The molecule has 1 N–H and O–H groups in total. The normalized spacial score (nSPS) is 25.1. The summed E-state index contributed by atoms with van der Waals surface area (Å²) in [7, 11) is 0. The van der Waals surface area contributed by atoms with Gasteiger partial charge < -0.3 is 5.32 Å². The third-order valence-electron chi connectivity index (χ3n) is 3.75. The molecule has 1 aliphatic heterocycles. The van der Waals surface area contributed by atoms with E-state index in [9.17, 15) is 0 Å². The minimum Gasteiger partial charge on any atom is -0.373 e. The second-order valence-corrected chi connectivity index (χ2v) is 4.85. The second-order valence-electron chi connectivity index (χ2n) is 4.85. The van der Waals surface area contributed by atoms with Gasteiger partial charge in [-0.15, -0.1) is 0 Å². The van der Waals surface area contributed by atoms with E-state index in [2.05, 4.69) is 17.2 Å². The molecule has 14 heavy (non-hydrogen) atoms. The smallest absolute Gasteiger partial charge is 0.0963 e. The van der Waals surface area contributed by atoms with Crippen LogP contribution in [0.3, 0.4) is 0 Å². The molecule has 0 atom stereocenters. The van der Waals surface area contributed by atoms with Crippen LogP contribution >= 0.6 is 0 Å². The van der Waals surface area contributed by atoms with Gasteiger partial charge in [-0.3, -0.25) is 4.99 Å². The Morgan fingerprint density at radius 3 is 2.86 bits per heavy atom. The number of rotatable bonds is 3. The van der Waals surface area contributed by atoms with E-state index in [1.54, 1.807) is 0 Å². The Morgan fingerprint density at radius 1 is 1.29 bits per heavy atom. The summed E-state index contributed by atoms with van der Waals surface area (Å²) in [5, 5.41) is 3.57. The number of hydrogen-bond donors (Lipinski definition) is 1. The zero-order valence-electron chi connectivity index (χ0n) is 9.31. The van der Waals surface area contributed by atoms with Crippen molar-refractivity contribution < 1.29 is 0 Å². The minimum atomic E-state index is 0.648. The van der Waals surface area contributed by atoms with Gasteiger partial charge in [-0.1, -0.05) is 13.3 Å². The van der Waals surface area contributed by atoms with Gasteiger partial charge in [0.1, 0.15) is 0 Å². The third-order valence-corrected chi connectivity index (χ3v) is 3.75. The van der Waals surface area contributed by atoms with Crippen molar-refractivity contribution in [2.45, 2.75) is 51.9 Å². The predicted octanol–water partition coefficient (Wildman–Crippen LogP) is 2.74. The lowest BCUT2D eigenvalue weighted by Crippen LogP contribution is -2.29. The summed E-state index contributed by atoms with van der Waals surface area (Å²) >= 11 is 0. The molecule has 2 heteroatoms. The maximum absolute atomic E-state index is 4.59. The zero-order valence-corrected chi connectivity index (χ0v) is 9.31. The Labute approximate surface area is 87.2 Å². The predicted molar refractivity (Wildman–Crippen MR) is 60.7 cm³/mol. The monoisotopic (exact) mass is 194 g/mol. The Hall–Kier alpha value is -0.530. The van der Waals surface area contributed by atoms with Gasteiger partial charge >= 0.3 is 0 Å². The highest BCUT2D eigenvalue weighted by Gasteiger charge is 2.40. The van der Waals surface area contributed by atoms with Crippen molar-refractivity contribution in [1.82, 2.24) is 5.32 Å². The van der Waals surface area contributed by atoms with Crippen molar-refractivity contribution in [3.8, 4) is 0 Å². The summed E-state index contributed by atoms with van der Waals surface area (Å²) < 4.78 is 0. The van der Waals surface area contributed by atoms with Crippen molar-refractivity contribution in [3.63, 3.8) is 0 Å². The SMILES string of the molecule is CCC1(CNC2=NCCCCC2)CC1. The lowest BCUT2D eigenvalue weighted by atomic mass is 10.0. The van der Waals surface area contributed by atoms with Gasteiger partial charge in [0, 0.05) is 19.5 Å². The average Bonchev–Trinajstić information content (AvgIpc) is 3.01. The summed E-state index contributed by atoms with van der Waals surface area (Å²) in [5.74, 6) is 1.28. The van der Waals surface area contributed by atoms with Crippen molar-refractivity contribution >= 4 is 5.84 Å². The van der Waals surface area contributed by atoms with Gasteiger partial charge in [0.2, 0.25) is 0 Å². The molecule has 80 valence electrons. The summed E-state index contributed by atoms with van der Waals surface area (Å²) in [5.41, 5.74) is 0.648. The van der Waals surface area contributed by atoms with E-state index >= 15 is 0 Å². The largest absolute Gasteiger partial charge is 0.373 e. The first kappa shape index (κ1) is 10.0. The first-order valence-electron chi connectivity index (χ1n) is 6.12. The van der Waals surface area contributed by atoms with E-state index in [4.69, 9.17) is 0 Å². The molecule has 0 aromatic rings. The second kappa shape index (κ2) is 4.33. The van der Waals surface area contributed by atoms with Crippen LogP contribution in [0, 0.1) is 5.41 Å². The van der Waals surface area contributed by atoms with Crippen LogP contribution in [-0.4, -0.2) is 18.9 Å². The van der Waals surface area contributed by atoms with Crippen molar-refractivity contribution in [3.05, 3.63) is 0 Å². The first-order valence-corrected chi connectivity index (χ1v) is 6.12. The summed E-state index contributed by atoms with van der Waals surface area (Å²) in [6.07, 6.45) is 9.31. The molecule has 1 heterocycles. The fraction of sp³-hybridized carbons (Fsp3) is 0.917. The maximum atomic E-state index is 4.59. The molecular weight excluding hydrogens is 172 g/mol. The molecule has 2 rings (SSSR count). The Kier molecular flexibility index (Phi) is 3.09. The summed E-state index contributed by atoms with van der Waals surface area (Å²) in [6.45, 7) is 4.52. The van der Waals surface area contributed by atoms with Crippen LogP contribution in [0.25, 0.3) is 0 Å². The number of nitrogens with zero attached hydrogens (tertiary/aromatic N) is 1. The highest BCUT2D eigenvalue weighted by Crippen LogP contribution is 2.47. The Morgan fingerprint density at radius 2 is 2.14 bits per heavy atom. The molecule has 1 saturated carbocycles. The first-order chi connectivity index (χ1) is 6.85. The fourth-order valence-electron chi connectivity index (χ4n) is 2.14.